The van der Waals surface area contributed by atoms with Crippen LogP contribution in [0.25, 0.3) is 0 Å². The van der Waals surface area contributed by atoms with Crippen LogP contribution in [0.5, 0.6) is 0 Å². The summed E-state index contributed by atoms with van der Waals surface area (Å²) >= 11 is 0. The molecule has 0 aliphatic rings. The summed E-state index contributed by atoms with van der Waals surface area (Å²) in [5, 5.41) is 20.8. The molecule has 0 saturated heterocycles. The van der Waals surface area contributed by atoms with Crippen LogP contribution in [0.1, 0.15) is 19.4 Å². The van der Waals surface area contributed by atoms with E-state index in [4.69, 9.17) is 11.2 Å². The summed E-state index contributed by atoms with van der Waals surface area (Å²) < 4.78 is 6.03. The average molecular weight is 321 g/mol. The van der Waals surface area contributed by atoms with Gasteiger partial charge in [0.2, 0.25) is 0 Å². The Morgan fingerprint density at radius 3 is 2.43 bits per heavy atom. The highest BCUT2D eigenvalue weighted by atomic mass is 16.6. The highest BCUT2D eigenvalue weighted by Gasteiger charge is 2.24. The molecule has 0 fully saturated rings. The predicted octanol–water partition coefficient (Wildman–Crippen LogP) is 1.96. The molecule has 0 radical (unpaired) electrons. The van der Waals surface area contributed by atoms with E-state index in [1.165, 1.54) is 12.1 Å². The summed E-state index contributed by atoms with van der Waals surface area (Å²) in [4.78, 5) is 10.2. The summed E-state index contributed by atoms with van der Waals surface area (Å²) in [6.07, 6.45) is 4.70. The van der Waals surface area contributed by atoms with Crippen molar-refractivity contribution in [3.05, 3.63) is 39.9 Å². The van der Waals surface area contributed by atoms with E-state index in [9.17, 15) is 15.2 Å². The molecule has 0 aliphatic heterocycles. The minimum absolute atomic E-state index is 0.0732. The third kappa shape index (κ3) is 6.78. The Bertz CT molecular complexity index is 573. The number of aliphatic hydroxyl groups is 1. The lowest BCUT2D eigenvalue weighted by atomic mass is 10.1. The number of aliphatic hydroxyl groups excluding tert-OH is 1. The molecule has 6 nitrogen and oxygen atoms in total. The number of nitrogens with zero attached hydrogens (tertiary/aromatic N) is 2. The maximum Gasteiger partial charge on any atom is 0.269 e. The van der Waals surface area contributed by atoms with Crippen LogP contribution in [0.2, 0.25) is 0 Å². The highest BCUT2D eigenvalue weighted by Crippen LogP contribution is 2.16. The SMILES string of the molecule is C#CC(C)(C)OC[C@@H](O)C[N+](C)(C)Cc1ccc([N+](=O)[O-])cc1. The molecule has 0 spiro atoms. The largest absolute Gasteiger partial charge is 0.385 e. The Labute approximate surface area is 137 Å². The first-order chi connectivity index (χ1) is 10.5. The van der Waals surface area contributed by atoms with Gasteiger partial charge in [-0.2, -0.15) is 0 Å². The van der Waals surface area contributed by atoms with Crippen LogP contribution >= 0.6 is 0 Å². The molecule has 0 unspecified atom stereocenters. The van der Waals surface area contributed by atoms with E-state index in [-0.39, 0.29) is 12.3 Å². The van der Waals surface area contributed by atoms with Crippen LogP contribution in [-0.2, 0) is 11.3 Å². The Balaban J connectivity index is 2.58. The van der Waals surface area contributed by atoms with Gasteiger partial charge in [-0.25, -0.2) is 0 Å². The molecule has 0 aromatic heterocycles. The zero-order valence-corrected chi connectivity index (χ0v) is 14.2. The van der Waals surface area contributed by atoms with Crippen molar-refractivity contribution in [1.82, 2.24) is 0 Å². The molecule has 23 heavy (non-hydrogen) atoms. The molecule has 0 bridgehead atoms. The van der Waals surface area contributed by atoms with E-state index < -0.39 is 16.6 Å². The second kappa shape index (κ2) is 7.55. The summed E-state index contributed by atoms with van der Waals surface area (Å²) in [5.74, 6) is 2.52. The predicted molar refractivity (Wildman–Crippen MR) is 88.6 cm³/mol. The van der Waals surface area contributed by atoms with Crippen molar-refractivity contribution in [1.29, 1.82) is 0 Å². The van der Waals surface area contributed by atoms with Crippen LogP contribution in [0, 0.1) is 22.5 Å². The molecular weight excluding hydrogens is 296 g/mol. The van der Waals surface area contributed by atoms with E-state index in [0.29, 0.717) is 17.6 Å². The van der Waals surface area contributed by atoms with Crippen molar-refractivity contribution in [2.45, 2.75) is 32.1 Å². The molecule has 126 valence electrons. The first-order valence-corrected chi connectivity index (χ1v) is 7.40. The highest BCUT2D eigenvalue weighted by molar-refractivity contribution is 5.32. The quantitative estimate of drug-likeness (QED) is 0.344. The van der Waals surface area contributed by atoms with Crippen molar-refractivity contribution in [2.75, 3.05) is 27.2 Å². The molecule has 0 amide bonds. The van der Waals surface area contributed by atoms with Gasteiger partial charge in [-0.05, 0) is 26.0 Å². The number of rotatable bonds is 8. The Morgan fingerprint density at radius 1 is 1.39 bits per heavy atom. The van der Waals surface area contributed by atoms with E-state index in [1.54, 1.807) is 26.0 Å². The lowest BCUT2D eigenvalue weighted by Gasteiger charge is -2.32. The molecule has 1 N–H and O–H groups in total. The second-order valence-electron chi connectivity index (χ2n) is 6.82. The topological polar surface area (TPSA) is 72.6 Å². The molecule has 1 aromatic carbocycles. The molecular formula is C17H25N2O4+. The third-order valence-electron chi connectivity index (χ3n) is 3.45. The third-order valence-corrected chi connectivity index (χ3v) is 3.45. The number of non-ortho nitro benzene ring substituents is 1. The molecule has 6 heteroatoms. The zero-order valence-electron chi connectivity index (χ0n) is 14.2. The molecule has 1 aromatic rings. The van der Waals surface area contributed by atoms with Crippen LogP contribution in [0.3, 0.4) is 0 Å². The van der Waals surface area contributed by atoms with Crippen molar-refractivity contribution < 1.29 is 19.2 Å². The van der Waals surface area contributed by atoms with Crippen molar-refractivity contribution in [3.8, 4) is 12.3 Å². The van der Waals surface area contributed by atoms with Gasteiger partial charge in [0.15, 0.2) is 0 Å². The van der Waals surface area contributed by atoms with Gasteiger partial charge in [0.1, 0.15) is 24.8 Å². The number of hydrogen-bond acceptors (Lipinski definition) is 4. The maximum atomic E-state index is 10.7. The molecule has 0 heterocycles. The summed E-state index contributed by atoms with van der Waals surface area (Å²) in [6.45, 7) is 4.84. The van der Waals surface area contributed by atoms with Gasteiger partial charge in [0, 0.05) is 17.7 Å². The number of nitro groups is 1. The molecule has 0 saturated carbocycles. The number of hydrogen-bond donors (Lipinski definition) is 1. The van der Waals surface area contributed by atoms with Gasteiger partial charge < -0.3 is 14.3 Å². The van der Waals surface area contributed by atoms with E-state index in [0.717, 1.165) is 5.56 Å². The Kier molecular flexibility index (Phi) is 6.28. The van der Waals surface area contributed by atoms with Crippen LogP contribution in [0.15, 0.2) is 24.3 Å². The number of likely N-dealkylation sites (N-methyl/N-ethyl adjacent to an activating group) is 1. The lowest BCUT2D eigenvalue weighted by molar-refractivity contribution is -0.906. The Morgan fingerprint density at radius 2 is 1.96 bits per heavy atom. The van der Waals surface area contributed by atoms with Gasteiger partial charge in [0.25, 0.3) is 5.69 Å². The molecule has 0 aliphatic carbocycles. The maximum absolute atomic E-state index is 10.7. The Hall–Kier alpha value is -1.94. The van der Waals surface area contributed by atoms with Gasteiger partial charge in [-0.15, -0.1) is 6.42 Å². The number of terminal acetylenes is 1. The fraction of sp³-hybridized carbons (Fsp3) is 0.529. The lowest BCUT2D eigenvalue weighted by Crippen LogP contribution is -2.46. The standard InChI is InChI=1S/C17H25N2O4/c1-6-17(2,3)23-13-16(20)12-19(4,5)11-14-7-9-15(10-8-14)18(21)22/h1,7-10,16,20H,11-13H2,2-5H3/q+1/t16-/m0/s1. The fourth-order valence-corrected chi connectivity index (χ4v) is 2.25. The first-order valence-electron chi connectivity index (χ1n) is 7.40. The molecule has 1 rings (SSSR count). The van der Waals surface area contributed by atoms with Gasteiger partial charge in [-0.3, -0.25) is 10.1 Å². The summed E-state index contributed by atoms with van der Waals surface area (Å²) in [7, 11) is 3.97. The van der Waals surface area contributed by atoms with Crippen LogP contribution < -0.4 is 0 Å². The van der Waals surface area contributed by atoms with Crippen LogP contribution in [-0.4, -0.2) is 53.5 Å². The fourth-order valence-electron chi connectivity index (χ4n) is 2.25. The minimum Gasteiger partial charge on any atom is -0.385 e. The van der Waals surface area contributed by atoms with Crippen LogP contribution in [0.4, 0.5) is 5.69 Å². The zero-order chi connectivity index (χ0) is 17.7. The smallest absolute Gasteiger partial charge is 0.269 e. The molecule has 1 atom stereocenters. The van der Waals surface area contributed by atoms with E-state index >= 15 is 0 Å². The minimum atomic E-state index is -0.698. The van der Waals surface area contributed by atoms with E-state index in [2.05, 4.69) is 5.92 Å². The number of quaternary nitrogens is 1. The number of benzene rings is 1. The van der Waals surface area contributed by atoms with Gasteiger partial charge >= 0.3 is 0 Å². The summed E-state index contributed by atoms with van der Waals surface area (Å²) in [6, 6.07) is 6.46. The van der Waals surface area contributed by atoms with Gasteiger partial charge in [0.05, 0.1) is 25.6 Å². The first kappa shape index (κ1) is 19.1. The van der Waals surface area contributed by atoms with Gasteiger partial charge in [-0.1, -0.05) is 5.92 Å². The normalized spacial score (nSPS) is 13.4. The number of nitro benzene ring substituents is 1. The average Bonchev–Trinajstić information content (AvgIpc) is 2.45. The van der Waals surface area contributed by atoms with Crippen molar-refractivity contribution in [2.24, 2.45) is 0 Å². The second-order valence-corrected chi connectivity index (χ2v) is 6.82. The monoisotopic (exact) mass is 321 g/mol. The number of ether oxygens (including phenoxy) is 1. The summed E-state index contributed by atoms with van der Waals surface area (Å²) in [5.41, 5.74) is 0.345. The van der Waals surface area contributed by atoms with Crippen molar-refractivity contribution >= 4 is 5.69 Å². The van der Waals surface area contributed by atoms with E-state index in [1.807, 2.05) is 14.1 Å². The van der Waals surface area contributed by atoms with Crippen molar-refractivity contribution in [3.63, 3.8) is 0 Å².